The first-order valence-electron chi connectivity index (χ1n) is 6.67. The number of aryl methyl sites for hydroxylation is 1. The van der Waals surface area contributed by atoms with Gasteiger partial charge in [-0.15, -0.1) is 11.3 Å². The van der Waals surface area contributed by atoms with Gasteiger partial charge in [-0.05, 0) is 20.9 Å². The summed E-state index contributed by atoms with van der Waals surface area (Å²) in [6.45, 7) is 6.30. The highest BCUT2D eigenvalue weighted by atomic mass is 32.1. The van der Waals surface area contributed by atoms with E-state index in [0.29, 0.717) is 6.61 Å². The molecule has 0 saturated carbocycles. The molecule has 0 amide bonds. The molecule has 1 atom stereocenters. The summed E-state index contributed by atoms with van der Waals surface area (Å²) < 4.78 is 7.35. The SMILES string of the molecule is CCO[C@@H](C)c1nc(CN(C)Cc2ncnn2C)cs1. The van der Waals surface area contributed by atoms with Gasteiger partial charge in [0.2, 0.25) is 0 Å². The van der Waals surface area contributed by atoms with Crippen molar-refractivity contribution >= 4 is 11.3 Å². The first-order chi connectivity index (χ1) is 9.60. The van der Waals surface area contributed by atoms with Gasteiger partial charge in [0.25, 0.3) is 0 Å². The third-order valence-electron chi connectivity index (χ3n) is 2.98. The molecule has 0 bridgehead atoms. The Kier molecular flexibility index (Phi) is 5.22. The Bertz CT molecular complexity index is 538. The van der Waals surface area contributed by atoms with Crippen molar-refractivity contribution in [1.82, 2.24) is 24.6 Å². The summed E-state index contributed by atoms with van der Waals surface area (Å²) in [6, 6.07) is 0. The Hall–Kier alpha value is -1.31. The number of rotatable bonds is 7. The third kappa shape index (κ3) is 3.84. The van der Waals surface area contributed by atoms with E-state index in [1.165, 1.54) is 0 Å². The van der Waals surface area contributed by atoms with Gasteiger partial charge in [0.15, 0.2) is 0 Å². The summed E-state index contributed by atoms with van der Waals surface area (Å²) in [7, 11) is 3.96. The molecule has 7 heteroatoms. The largest absolute Gasteiger partial charge is 0.372 e. The van der Waals surface area contributed by atoms with Crippen LogP contribution in [0, 0.1) is 0 Å². The Balaban J connectivity index is 1.91. The van der Waals surface area contributed by atoms with E-state index in [2.05, 4.69) is 32.4 Å². The lowest BCUT2D eigenvalue weighted by Crippen LogP contribution is -2.20. The maximum absolute atomic E-state index is 5.56. The van der Waals surface area contributed by atoms with Gasteiger partial charge in [0.1, 0.15) is 23.3 Å². The van der Waals surface area contributed by atoms with Crippen LogP contribution in [0.3, 0.4) is 0 Å². The van der Waals surface area contributed by atoms with Crippen molar-refractivity contribution in [2.24, 2.45) is 7.05 Å². The minimum absolute atomic E-state index is 0.0720. The normalized spacial score (nSPS) is 13.1. The molecular formula is C13H21N5OS. The van der Waals surface area contributed by atoms with Gasteiger partial charge in [0, 0.05) is 25.6 Å². The molecule has 2 rings (SSSR count). The summed E-state index contributed by atoms with van der Waals surface area (Å²) in [5.41, 5.74) is 1.07. The summed E-state index contributed by atoms with van der Waals surface area (Å²) >= 11 is 1.65. The summed E-state index contributed by atoms with van der Waals surface area (Å²) in [4.78, 5) is 11.0. The number of hydrogen-bond donors (Lipinski definition) is 0. The summed E-state index contributed by atoms with van der Waals surface area (Å²) in [5, 5.41) is 7.20. The fourth-order valence-corrected chi connectivity index (χ4v) is 2.75. The van der Waals surface area contributed by atoms with Crippen LogP contribution in [0.15, 0.2) is 11.7 Å². The molecule has 110 valence electrons. The Labute approximate surface area is 123 Å². The van der Waals surface area contributed by atoms with Gasteiger partial charge in [-0.1, -0.05) is 0 Å². The van der Waals surface area contributed by atoms with Gasteiger partial charge in [0.05, 0.1) is 12.2 Å². The zero-order chi connectivity index (χ0) is 14.5. The minimum Gasteiger partial charge on any atom is -0.372 e. The molecule has 0 aromatic carbocycles. The van der Waals surface area contributed by atoms with E-state index in [4.69, 9.17) is 4.74 Å². The maximum Gasteiger partial charge on any atom is 0.140 e. The summed E-state index contributed by atoms with van der Waals surface area (Å²) in [6.07, 6.45) is 1.65. The highest BCUT2D eigenvalue weighted by Gasteiger charge is 2.12. The molecule has 2 heterocycles. The Morgan fingerprint density at radius 3 is 2.90 bits per heavy atom. The molecule has 0 fully saturated rings. The van der Waals surface area contributed by atoms with E-state index in [1.54, 1.807) is 22.3 Å². The van der Waals surface area contributed by atoms with Crippen molar-refractivity contribution in [3.8, 4) is 0 Å². The molecule has 0 N–H and O–H groups in total. The van der Waals surface area contributed by atoms with Crippen molar-refractivity contribution in [3.05, 3.63) is 28.2 Å². The number of hydrogen-bond acceptors (Lipinski definition) is 6. The molecule has 20 heavy (non-hydrogen) atoms. The fourth-order valence-electron chi connectivity index (χ4n) is 1.94. The summed E-state index contributed by atoms with van der Waals surface area (Å²) in [5.74, 6) is 0.950. The first kappa shape index (κ1) is 15.1. The van der Waals surface area contributed by atoms with E-state index in [9.17, 15) is 0 Å². The van der Waals surface area contributed by atoms with Crippen LogP contribution >= 0.6 is 11.3 Å². The van der Waals surface area contributed by atoms with Crippen molar-refractivity contribution in [2.45, 2.75) is 33.0 Å². The topological polar surface area (TPSA) is 56.1 Å². The van der Waals surface area contributed by atoms with E-state index in [-0.39, 0.29) is 6.10 Å². The zero-order valence-corrected chi connectivity index (χ0v) is 13.2. The van der Waals surface area contributed by atoms with E-state index >= 15 is 0 Å². The number of nitrogens with zero attached hydrogens (tertiary/aromatic N) is 5. The molecule has 0 unspecified atom stereocenters. The average Bonchev–Trinajstić information content (AvgIpc) is 3.00. The highest BCUT2D eigenvalue weighted by Crippen LogP contribution is 2.21. The second-order valence-corrected chi connectivity index (χ2v) is 5.64. The van der Waals surface area contributed by atoms with Crippen LogP contribution in [0.1, 0.15) is 36.5 Å². The van der Waals surface area contributed by atoms with Crippen molar-refractivity contribution in [2.75, 3.05) is 13.7 Å². The van der Waals surface area contributed by atoms with Gasteiger partial charge in [-0.25, -0.2) is 9.97 Å². The van der Waals surface area contributed by atoms with Crippen LogP contribution in [0.2, 0.25) is 0 Å². The minimum atomic E-state index is 0.0720. The number of aromatic nitrogens is 4. The quantitative estimate of drug-likeness (QED) is 0.782. The molecule has 0 aliphatic rings. The zero-order valence-electron chi connectivity index (χ0n) is 12.4. The van der Waals surface area contributed by atoms with Gasteiger partial charge in [-0.2, -0.15) is 5.10 Å². The second-order valence-electron chi connectivity index (χ2n) is 4.75. The van der Waals surface area contributed by atoms with Crippen LogP contribution in [0.25, 0.3) is 0 Å². The molecule has 6 nitrogen and oxygen atoms in total. The van der Waals surface area contributed by atoms with Crippen LogP contribution in [-0.4, -0.2) is 38.3 Å². The lowest BCUT2D eigenvalue weighted by Gasteiger charge is -2.14. The molecule has 0 spiro atoms. The van der Waals surface area contributed by atoms with Crippen molar-refractivity contribution in [3.63, 3.8) is 0 Å². The predicted octanol–water partition coefficient (Wildman–Crippen LogP) is 2.00. The number of thiazole rings is 1. The van der Waals surface area contributed by atoms with Crippen LogP contribution in [-0.2, 0) is 24.9 Å². The molecule has 0 aliphatic heterocycles. The smallest absolute Gasteiger partial charge is 0.140 e. The van der Waals surface area contributed by atoms with Gasteiger partial charge >= 0.3 is 0 Å². The maximum atomic E-state index is 5.56. The van der Waals surface area contributed by atoms with Crippen LogP contribution in [0.4, 0.5) is 0 Å². The monoisotopic (exact) mass is 295 g/mol. The predicted molar refractivity (Wildman–Crippen MR) is 78.3 cm³/mol. The lowest BCUT2D eigenvalue weighted by atomic mass is 10.4. The van der Waals surface area contributed by atoms with Crippen LogP contribution < -0.4 is 0 Å². The van der Waals surface area contributed by atoms with Gasteiger partial charge in [-0.3, -0.25) is 9.58 Å². The lowest BCUT2D eigenvalue weighted by molar-refractivity contribution is 0.0760. The molecule has 0 radical (unpaired) electrons. The van der Waals surface area contributed by atoms with E-state index < -0.39 is 0 Å². The fraction of sp³-hybridized carbons (Fsp3) is 0.615. The highest BCUT2D eigenvalue weighted by molar-refractivity contribution is 7.09. The molecule has 0 saturated heterocycles. The average molecular weight is 295 g/mol. The van der Waals surface area contributed by atoms with E-state index in [1.807, 2.05) is 20.9 Å². The molecule has 2 aromatic rings. The van der Waals surface area contributed by atoms with Crippen molar-refractivity contribution in [1.29, 1.82) is 0 Å². The molecule has 2 aromatic heterocycles. The van der Waals surface area contributed by atoms with Crippen LogP contribution in [0.5, 0.6) is 0 Å². The van der Waals surface area contributed by atoms with Crippen molar-refractivity contribution < 1.29 is 4.74 Å². The third-order valence-corrected chi connectivity index (χ3v) is 4.04. The standard InChI is InChI=1S/C13H21N5OS/c1-5-19-10(2)13-16-11(8-20-13)6-17(3)7-12-14-9-15-18(12)4/h8-10H,5-7H2,1-4H3/t10-/m0/s1. The van der Waals surface area contributed by atoms with E-state index in [0.717, 1.165) is 29.6 Å². The first-order valence-corrected chi connectivity index (χ1v) is 7.55. The second kappa shape index (κ2) is 6.92. The Morgan fingerprint density at radius 1 is 1.45 bits per heavy atom. The number of ether oxygens (including phenoxy) is 1. The molecular weight excluding hydrogens is 274 g/mol. The van der Waals surface area contributed by atoms with Gasteiger partial charge < -0.3 is 4.74 Å². The molecule has 0 aliphatic carbocycles. The Morgan fingerprint density at radius 2 is 2.25 bits per heavy atom.